The second-order valence-corrected chi connectivity index (χ2v) is 7.25. The van der Waals surface area contributed by atoms with Crippen LogP contribution in [0.2, 0.25) is 5.02 Å². The molecule has 0 aliphatic rings. The number of alkyl halides is 1. The largest absolute Gasteiger partial charge is 0.497 e. The molecule has 3 rings (SSSR count). The Kier molecular flexibility index (Phi) is 5.72. The van der Waals surface area contributed by atoms with Gasteiger partial charge in [-0.15, -0.1) is 11.8 Å². The number of nitrogens with zero attached hydrogens (tertiary/aromatic N) is 2. The Morgan fingerprint density at radius 2 is 1.96 bits per heavy atom. The number of ether oxygens (including phenoxy) is 1. The highest BCUT2D eigenvalue weighted by atomic mass is 35.5. The molecule has 0 N–H and O–H groups in total. The summed E-state index contributed by atoms with van der Waals surface area (Å²) in [5.74, 6) is 0.823. The number of rotatable bonds is 6. The molecule has 1 heterocycles. The zero-order valence-corrected chi connectivity index (χ0v) is 15.3. The van der Waals surface area contributed by atoms with E-state index in [4.69, 9.17) is 27.9 Å². The van der Waals surface area contributed by atoms with Gasteiger partial charge in [0.25, 0.3) is 0 Å². The van der Waals surface area contributed by atoms with Crippen molar-refractivity contribution in [3.05, 3.63) is 77.8 Å². The molecule has 124 valence electrons. The molecule has 3 nitrogen and oxygen atoms in total. The zero-order valence-electron chi connectivity index (χ0n) is 13.0. The van der Waals surface area contributed by atoms with Gasteiger partial charge in [0.05, 0.1) is 18.7 Å². The highest BCUT2D eigenvalue weighted by molar-refractivity contribution is 7.99. The Morgan fingerprint density at radius 1 is 1.17 bits per heavy atom. The van der Waals surface area contributed by atoms with Gasteiger partial charge in [-0.1, -0.05) is 41.4 Å². The third kappa shape index (κ3) is 4.07. The van der Waals surface area contributed by atoms with Crippen molar-refractivity contribution in [2.45, 2.75) is 15.6 Å². The van der Waals surface area contributed by atoms with Crippen LogP contribution in [0.5, 0.6) is 5.75 Å². The average Bonchev–Trinajstić information content (AvgIpc) is 3.15. The van der Waals surface area contributed by atoms with E-state index in [2.05, 4.69) is 4.98 Å². The highest BCUT2D eigenvalue weighted by Gasteiger charge is 2.24. The van der Waals surface area contributed by atoms with Gasteiger partial charge in [0.1, 0.15) is 11.3 Å². The molecule has 2 aromatic carbocycles. The van der Waals surface area contributed by atoms with Gasteiger partial charge in [0.15, 0.2) is 0 Å². The number of aromatic nitrogens is 2. The van der Waals surface area contributed by atoms with Crippen LogP contribution in [0, 0.1) is 0 Å². The minimum absolute atomic E-state index is 0.00904. The summed E-state index contributed by atoms with van der Waals surface area (Å²) in [5, 5.41) is 0.697. The molecule has 24 heavy (non-hydrogen) atoms. The Labute approximate surface area is 155 Å². The van der Waals surface area contributed by atoms with Crippen LogP contribution in [-0.4, -0.2) is 16.7 Å². The Bertz CT molecular complexity index is 778. The number of benzene rings is 2. The molecule has 0 bridgehead atoms. The molecule has 0 amide bonds. The first-order valence-corrected chi connectivity index (χ1v) is 9.04. The summed E-state index contributed by atoms with van der Waals surface area (Å²) in [6.07, 6.45) is 5.32. The Morgan fingerprint density at radius 3 is 2.62 bits per heavy atom. The maximum absolute atomic E-state index is 6.75. The van der Waals surface area contributed by atoms with Gasteiger partial charge in [0.2, 0.25) is 0 Å². The maximum Gasteiger partial charge on any atom is 0.125 e. The fourth-order valence-corrected chi connectivity index (χ4v) is 4.05. The lowest BCUT2D eigenvalue weighted by atomic mass is 10.1. The van der Waals surface area contributed by atoms with Crippen molar-refractivity contribution in [1.29, 1.82) is 0 Å². The first-order chi connectivity index (χ1) is 11.7. The monoisotopic (exact) mass is 378 g/mol. The van der Waals surface area contributed by atoms with Gasteiger partial charge in [-0.2, -0.15) is 0 Å². The van der Waals surface area contributed by atoms with E-state index in [-0.39, 0.29) is 10.8 Å². The van der Waals surface area contributed by atoms with E-state index in [1.807, 2.05) is 59.3 Å². The fourth-order valence-electron chi connectivity index (χ4n) is 2.33. The summed E-state index contributed by atoms with van der Waals surface area (Å²) >= 11 is 14.5. The summed E-state index contributed by atoms with van der Waals surface area (Å²) < 4.78 is 7.21. The maximum atomic E-state index is 6.75. The summed E-state index contributed by atoms with van der Waals surface area (Å²) in [6, 6.07) is 15.7. The van der Waals surface area contributed by atoms with Gasteiger partial charge >= 0.3 is 0 Å². The van der Waals surface area contributed by atoms with Crippen LogP contribution in [0.15, 0.2) is 72.1 Å². The first-order valence-electron chi connectivity index (χ1n) is 7.35. The second-order valence-electron chi connectivity index (χ2n) is 5.15. The van der Waals surface area contributed by atoms with Crippen molar-refractivity contribution in [1.82, 2.24) is 9.55 Å². The summed E-state index contributed by atoms with van der Waals surface area (Å²) in [5.41, 5.74) is 0.811. The lowest BCUT2D eigenvalue weighted by Gasteiger charge is -2.23. The number of imidazole rings is 1. The van der Waals surface area contributed by atoms with Crippen LogP contribution in [0.1, 0.15) is 16.3 Å². The predicted octanol–water partition coefficient (Wildman–Crippen LogP) is 5.82. The molecule has 0 radical (unpaired) electrons. The molecule has 1 aromatic heterocycles. The van der Waals surface area contributed by atoms with E-state index in [1.54, 1.807) is 31.4 Å². The molecule has 0 aliphatic heterocycles. The van der Waals surface area contributed by atoms with Gasteiger partial charge in [0, 0.05) is 22.3 Å². The minimum atomic E-state index is -0.287. The molecule has 6 heteroatoms. The molecular weight excluding hydrogens is 363 g/mol. The van der Waals surface area contributed by atoms with Crippen molar-refractivity contribution < 1.29 is 4.74 Å². The lowest BCUT2D eigenvalue weighted by molar-refractivity contribution is 0.413. The number of hydrogen-bond donors (Lipinski definition) is 0. The second kappa shape index (κ2) is 7.97. The highest BCUT2D eigenvalue weighted by Crippen LogP contribution is 2.45. The standard InChI is InChI=1S/C18H16Cl2N2OS/c1-23-15-3-2-4-16(11-15)24-17(13-5-7-14(19)8-6-13)18(20)22-10-9-21-12-22/h2-12,17-18H,1H3. The first kappa shape index (κ1) is 17.2. The van der Waals surface area contributed by atoms with E-state index in [9.17, 15) is 0 Å². The average molecular weight is 379 g/mol. The summed E-state index contributed by atoms with van der Waals surface area (Å²) in [7, 11) is 1.66. The van der Waals surface area contributed by atoms with Gasteiger partial charge < -0.3 is 9.30 Å². The molecule has 0 spiro atoms. The summed E-state index contributed by atoms with van der Waals surface area (Å²) in [6.45, 7) is 0. The smallest absolute Gasteiger partial charge is 0.125 e. The minimum Gasteiger partial charge on any atom is -0.497 e. The number of hydrogen-bond acceptors (Lipinski definition) is 3. The van der Waals surface area contributed by atoms with Crippen LogP contribution < -0.4 is 4.74 Å². The van der Waals surface area contributed by atoms with Gasteiger partial charge in [-0.25, -0.2) is 4.98 Å². The SMILES string of the molecule is COc1cccc(SC(c2ccc(Cl)cc2)C(Cl)n2ccnc2)c1. The molecule has 2 atom stereocenters. The van der Waals surface area contributed by atoms with E-state index in [0.29, 0.717) is 5.02 Å². The van der Waals surface area contributed by atoms with Crippen molar-refractivity contribution in [3.8, 4) is 5.75 Å². The molecular formula is C18H16Cl2N2OS. The number of halogens is 2. The zero-order chi connectivity index (χ0) is 16.9. The van der Waals surface area contributed by atoms with E-state index in [1.165, 1.54) is 0 Å². The van der Waals surface area contributed by atoms with E-state index in [0.717, 1.165) is 16.2 Å². The van der Waals surface area contributed by atoms with Crippen molar-refractivity contribution in [2.75, 3.05) is 7.11 Å². The van der Waals surface area contributed by atoms with Gasteiger partial charge in [-0.05, 0) is 35.9 Å². The molecule has 3 aromatic rings. The van der Waals surface area contributed by atoms with Crippen molar-refractivity contribution in [2.24, 2.45) is 0 Å². The fraction of sp³-hybridized carbons (Fsp3) is 0.167. The predicted molar refractivity (Wildman–Crippen MR) is 100 cm³/mol. The van der Waals surface area contributed by atoms with Crippen molar-refractivity contribution >= 4 is 35.0 Å². The number of methoxy groups -OCH3 is 1. The van der Waals surface area contributed by atoms with E-state index < -0.39 is 0 Å². The Hall–Kier alpha value is -1.62. The normalized spacial score (nSPS) is 13.5. The van der Waals surface area contributed by atoms with Crippen LogP contribution in [0.25, 0.3) is 0 Å². The van der Waals surface area contributed by atoms with Crippen LogP contribution >= 0.6 is 35.0 Å². The van der Waals surface area contributed by atoms with Crippen LogP contribution in [0.3, 0.4) is 0 Å². The molecule has 0 aliphatic carbocycles. The Balaban J connectivity index is 1.93. The van der Waals surface area contributed by atoms with Crippen LogP contribution in [-0.2, 0) is 0 Å². The third-order valence-corrected chi connectivity index (χ3v) is 5.75. The number of thioether (sulfide) groups is 1. The van der Waals surface area contributed by atoms with E-state index >= 15 is 0 Å². The quantitative estimate of drug-likeness (QED) is 0.399. The summed E-state index contributed by atoms with van der Waals surface area (Å²) in [4.78, 5) is 5.18. The molecule has 0 saturated carbocycles. The van der Waals surface area contributed by atoms with Gasteiger partial charge in [-0.3, -0.25) is 0 Å². The molecule has 0 saturated heterocycles. The van der Waals surface area contributed by atoms with Crippen LogP contribution in [0.4, 0.5) is 0 Å². The van der Waals surface area contributed by atoms with Crippen molar-refractivity contribution in [3.63, 3.8) is 0 Å². The third-order valence-electron chi connectivity index (χ3n) is 3.56. The molecule has 0 fully saturated rings. The topological polar surface area (TPSA) is 27.1 Å². The molecule has 2 unspecified atom stereocenters. The lowest BCUT2D eigenvalue weighted by Crippen LogP contribution is -2.09.